The molecule has 0 unspecified atom stereocenters. The molecule has 0 aromatic carbocycles. The fourth-order valence-electron chi connectivity index (χ4n) is 2.27. The Balaban J connectivity index is 2.27. The average Bonchev–Trinajstić information content (AvgIpc) is 2.93. The molecule has 0 radical (unpaired) electrons. The summed E-state index contributed by atoms with van der Waals surface area (Å²) in [7, 11) is 1.63. The molecule has 0 N–H and O–H groups in total. The molecule has 110 valence electrons. The lowest BCUT2D eigenvalue weighted by molar-refractivity contribution is 0.185. The maximum absolute atomic E-state index is 9.28. The number of aromatic nitrogens is 4. The number of pyridine rings is 2. The number of rotatable bonds is 4. The van der Waals surface area contributed by atoms with Crippen LogP contribution in [-0.4, -0.2) is 33.5 Å². The van der Waals surface area contributed by atoms with Gasteiger partial charge < -0.3 is 4.74 Å². The van der Waals surface area contributed by atoms with Gasteiger partial charge in [0.2, 0.25) is 0 Å². The highest BCUT2D eigenvalue weighted by Gasteiger charge is 2.18. The highest BCUT2D eigenvalue weighted by molar-refractivity contribution is 6.35. The first kappa shape index (κ1) is 14.4. The molecule has 0 spiro atoms. The number of halogens is 1. The zero-order valence-electron chi connectivity index (χ0n) is 11.8. The van der Waals surface area contributed by atoms with E-state index < -0.39 is 0 Å². The number of nitrogens with zero attached hydrogens (tertiary/aromatic N) is 5. The minimum Gasteiger partial charge on any atom is -0.383 e. The molecule has 0 amide bonds. The van der Waals surface area contributed by atoms with Crippen molar-refractivity contribution in [3.8, 4) is 17.3 Å². The van der Waals surface area contributed by atoms with Gasteiger partial charge in [-0.3, -0.25) is 14.6 Å². The van der Waals surface area contributed by atoms with Crippen LogP contribution in [0.1, 0.15) is 5.56 Å². The summed E-state index contributed by atoms with van der Waals surface area (Å²) in [5.41, 5.74) is 3.10. The summed E-state index contributed by atoms with van der Waals surface area (Å²) < 4.78 is 6.85. The van der Waals surface area contributed by atoms with Crippen molar-refractivity contribution in [2.24, 2.45) is 0 Å². The van der Waals surface area contributed by atoms with Gasteiger partial charge in [0.25, 0.3) is 0 Å². The standard InChI is InChI=1S/C15H12ClN5O/c1-22-7-6-21-15-12(16)3-5-19-14(15)13(20-21)11-9-18-4-2-10(11)8-17/h2-5,9H,6-7H2,1H3. The van der Waals surface area contributed by atoms with Crippen molar-refractivity contribution < 1.29 is 4.74 Å². The number of fused-ring (bicyclic) bond motifs is 1. The zero-order valence-corrected chi connectivity index (χ0v) is 12.6. The van der Waals surface area contributed by atoms with Crippen molar-refractivity contribution in [3.63, 3.8) is 0 Å². The molecular weight excluding hydrogens is 302 g/mol. The van der Waals surface area contributed by atoms with E-state index in [1.54, 1.807) is 42.5 Å². The van der Waals surface area contributed by atoms with E-state index >= 15 is 0 Å². The normalized spacial score (nSPS) is 10.8. The second-order valence-corrected chi connectivity index (χ2v) is 4.99. The summed E-state index contributed by atoms with van der Waals surface area (Å²) in [6.07, 6.45) is 4.81. The van der Waals surface area contributed by atoms with Crippen molar-refractivity contribution in [1.82, 2.24) is 19.7 Å². The molecule has 22 heavy (non-hydrogen) atoms. The van der Waals surface area contributed by atoms with E-state index in [0.29, 0.717) is 40.5 Å². The third-order valence-electron chi connectivity index (χ3n) is 3.28. The molecule has 0 saturated carbocycles. The minimum absolute atomic E-state index is 0.495. The van der Waals surface area contributed by atoms with Crippen LogP contribution >= 0.6 is 11.6 Å². The summed E-state index contributed by atoms with van der Waals surface area (Å²) in [5, 5.41) is 14.4. The van der Waals surface area contributed by atoms with Crippen LogP contribution in [0.4, 0.5) is 0 Å². The molecule has 7 heteroatoms. The van der Waals surface area contributed by atoms with Crippen LogP contribution in [0, 0.1) is 11.3 Å². The van der Waals surface area contributed by atoms with E-state index in [1.165, 1.54) is 0 Å². The highest BCUT2D eigenvalue weighted by Crippen LogP contribution is 2.31. The zero-order chi connectivity index (χ0) is 15.5. The van der Waals surface area contributed by atoms with Crippen LogP contribution in [0.3, 0.4) is 0 Å². The van der Waals surface area contributed by atoms with Crippen LogP contribution in [0.2, 0.25) is 5.02 Å². The van der Waals surface area contributed by atoms with Gasteiger partial charge in [-0.25, -0.2) is 0 Å². The van der Waals surface area contributed by atoms with Crippen molar-refractivity contribution in [2.45, 2.75) is 6.54 Å². The maximum Gasteiger partial charge on any atom is 0.122 e. The second kappa shape index (κ2) is 6.10. The first-order valence-electron chi connectivity index (χ1n) is 6.60. The van der Waals surface area contributed by atoms with E-state index in [1.807, 2.05) is 0 Å². The number of hydrogen-bond acceptors (Lipinski definition) is 5. The Hall–Kier alpha value is -2.49. The Bertz CT molecular complexity index is 868. The molecule has 3 heterocycles. The largest absolute Gasteiger partial charge is 0.383 e. The van der Waals surface area contributed by atoms with Crippen molar-refractivity contribution in [1.29, 1.82) is 5.26 Å². The Labute approximate surface area is 131 Å². The topological polar surface area (TPSA) is 76.6 Å². The molecule has 0 aliphatic rings. The first-order valence-corrected chi connectivity index (χ1v) is 6.98. The lowest BCUT2D eigenvalue weighted by atomic mass is 10.1. The fraction of sp³-hybridized carbons (Fsp3) is 0.200. The molecule has 0 atom stereocenters. The predicted octanol–water partition coefficient (Wildman–Crippen LogP) is 2.66. The molecule has 3 rings (SSSR count). The molecule has 0 aliphatic heterocycles. The molecule has 0 saturated heterocycles. The molecule has 3 aromatic heterocycles. The first-order chi connectivity index (χ1) is 10.8. The lowest BCUT2D eigenvalue weighted by Gasteiger charge is -2.02. The minimum atomic E-state index is 0.495. The van der Waals surface area contributed by atoms with Crippen LogP contribution < -0.4 is 0 Å². The Kier molecular flexibility index (Phi) is 4.00. The molecule has 0 fully saturated rings. The van der Waals surface area contributed by atoms with Gasteiger partial charge in [0.1, 0.15) is 16.7 Å². The Morgan fingerprint density at radius 1 is 1.36 bits per heavy atom. The number of hydrogen-bond donors (Lipinski definition) is 0. The van der Waals surface area contributed by atoms with E-state index in [2.05, 4.69) is 21.1 Å². The summed E-state index contributed by atoms with van der Waals surface area (Å²) in [6.45, 7) is 1.04. The van der Waals surface area contributed by atoms with Crippen molar-refractivity contribution in [3.05, 3.63) is 41.3 Å². The van der Waals surface area contributed by atoms with Gasteiger partial charge in [0.05, 0.1) is 29.8 Å². The molecule has 0 bridgehead atoms. The van der Waals surface area contributed by atoms with Crippen LogP contribution in [-0.2, 0) is 11.3 Å². The monoisotopic (exact) mass is 313 g/mol. The van der Waals surface area contributed by atoms with E-state index in [0.717, 1.165) is 5.52 Å². The van der Waals surface area contributed by atoms with Gasteiger partial charge in [-0.1, -0.05) is 11.6 Å². The molecular formula is C15H12ClN5O. The molecule has 6 nitrogen and oxygen atoms in total. The summed E-state index contributed by atoms with van der Waals surface area (Å²) in [5.74, 6) is 0. The SMILES string of the molecule is COCCn1nc(-c2cnccc2C#N)c2nccc(Cl)c21. The third kappa shape index (κ3) is 2.41. The van der Waals surface area contributed by atoms with Crippen LogP contribution in [0.5, 0.6) is 0 Å². The molecule has 3 aromatic rings. The number of ether oxygens (including phenoxy) is 1. The van der Waals surface area contributed by atoms with Crippen LogP contribution in [0.25, 0.3) is 22.3 Å². The second-order valence-electron chi connectivity index (χ2n) is 4.59. The smallest absolute Gasteiger partial charge is 0.122 e. The number of methoxy groups -OCH3 is 1. The summed E-state index contributed by atoms with van der Waals surface area (Å²) in [4.78, 5) is 8.46. The maximum atomic E-state index is 9.28. The Morgan fingerprint density at radius 3 is 3.00 bits per heavy atom. The molecule has 0 aliphatic carbocycles. The van der Waals surface area contributed by atoms with E-state index in [-0.39, 0.29) is 0 Å². The summed E-state index contributed by atoms with van der Waals surface area (Å²) >= 11 is 6.29. The van der Waals surface area contributed by atoms with E-state index in [9.17, 15) is 5.26 Å². The average molecular weight is 314 g/mol. The van der Waals surface area contributed by atoms with Gasteiger partial charge in [-0.15, -0.1) is 0 Å². The lowest BCUT2D eigenvalue weighted by Crippen LogP contribution is -2.06. The van der Waals surface area contributed by atoms with Crippen molar-refractivity contribution >= 4 is 22.6 Å². The van der Waals surface area contributed by atoms with Crippen molar-refractivity contribution in [2.75, 3.05) is 13.7 Å². The predicted molar refractivity (Wildman–Crippen MR) is 82.4 cm³/mol. The van der Waals surface area contributed by atoms with E-state index in [4.69, 9.17) is 16.3 Å². The highest BCUT2D eigenvalue weighted by atomic mass is 35.5. The van der Waals surface area contributed by atoms with Crippen LogP contribution in [0.15, 0.2) is 30.7 Å². The number of nitriles is 1. The van der Waals surface area contributed by atoms with Gasteiger partial charge in [0.15, 0.2) is 0 Å². The fourth-order valence-corrected chi connectivity index (χ4v) is 2.51. The summed E-state index contributed by atoms with van der Waals surface area (Å²) in [6, 6.07) is 5.52. The third-order valence-corrected chi connectivity index (χ3v) is 3.59. The quantitative estimate of drug-likeness (QED) is 0.740. The van der Waals surface area contributed by atoms with Gasteiger partial charge >= 0.3 is 0 Å². The Morgan fingerprint density at radius 2 is 2.23 bits per heavy atom. The van der Waals surface area contributed by atoms with Gasteiger partial charge in [0, 0.05) is 31.3 Å². The van der Waals surface area contributed by atoms with Gasteiger partial charge in [-0.2, -0.15) is 10.4 Å². The van der Waals surface area contributed by atoms with Gasteiger partial charge in [-0.05, 0) is 12.1 Å².